The number of nitrogens with one attached hydrogen (secondary N) is 1. The van der Waals surface area contributed by atoms with Gasteiger partial charge < -0.3 is 4.74 Å². The second kappa shape index (κ2) is 6.16. The molecule has 0 radical (unpaired) electrons. The molecule has 0 unspecified atom stereocenters. The van der Waals surface area contributed by atoms with Crippen LogP contribution in [0, 0.1) is 11.8 Å². The predicted molar refractivity (Wildman–Crippen MR) is 66.1 cm³/mol. The smallest absolute Gasteiger partial charge is 0.420 e. The third kappa shape index (κ3) is 3.98. The van der Waals surface area contributed by atoms with Crippen molar-refractivity contribution in [3.63, 3.8) is 0 Å². The molecule has 0 saturated heterocycles. The summed E-state index contributed by atoms with van der Waals surface area (Å²) in [5, 5.41) is 0.935. The lowest BCUT2D eigenvalue weighted by molar-refractivity contribution is -0.299. The van der Waals surface area contributed by atoms with Crippen molar-refractivity contribution >= 4 is 6.09 Å². The van der Waals surface area contributed by atoms with Gasteiger partial charge in [-0.2, -0.15) is 26.3 Å². The Balaban J connectivity index is 2.74. The first-order valence-electron chi connectivity index (χ1n) is 6.90. The maximum Gasteiger partial charge on any atom is 0.420 e. The van der Waals surface area contributed by atoms with E-state index in [-0.39, 0.29) is 12.8 Å². The summed E-state index contributed by atoms with van der Waals surface area (Å²) in [6.45, 7) is 3.76. The van der Waals surface area contributed by atoms with E-state index in [0.29, 0.717) is 25.2 Å². The number of hydrogen-bond acceptors (Lipinski definition) is 2. The van der Waals surface area contributed by atoms with Gasteiger partial charge in [0.2, 0.25) is 5.54 Å². The zero-order valence-electron chi connectivity index (χ0n) is 12.4. The Morgan fingerprint density at radius 2 is 1.50 bits per heavy atom. The second-order valence-electron chi connectivity index (χ2n) is 6.04. The highest BCUT2D eigenvalue weighted by Crippen LogP contribution is 2.42. The molecule has 1 amide bonds. The number of hydrogen-bond donors (Lipinski definition) is 1. The van der Waals surface area contributed by atoms with Crippen molar-refractivity contribution in [3.8, 4) is 0 Å². The zero-order valence-corrected chi connectivity index (χ0v) is 12.4. The minimum atomic E-state index is -5.68. The van der Waals surface area contributed by atoms with Gasteiger partial charge in [-0.25, -0.2) is 4.79 Å². The molecule has 1 N–H and O–H groups in total. The Morgan fingerprint density at radius 3 is 1.91 bits per heavy atom. The van der Waals surface area contributed by atoms with E-state index in [1.165, 1.54) is 0 Å². The Morgan fingerprint density at radius 1 is 1.00 bits per heavy atom. The van der Waals surface area contributed by atoms with Gasteiger partial charge in [0.25, 0.3) is 0 Å². The van der Waals surface area contributed by atoms with E-state index in [4.69, 9.17) is 4.74 Å². The monoisotopic (exact) mass is 335 g/mol. The number of halogens is 6. The Bertz CT molecular complexity index is 392. The van der Waals surface area contributed by atoms with Crippen molar-refractivity contribution in [1.82, 2.24) is 5.32 Å². The Hall–Kier alpha value is -1.15. The molecule has 0 aliphatic heterocycles. The molecule has 3 atom stereocenters. The van der Waals surface area contributed by atoms with Gasteiger partial charge >= 0.3 is 18.4 Å². The lowest BCUT2D eigenvalue weighted by Crippen LogP contribution is -2.65. The van der Waals surface area contributed by atoms with Crippen molar-refractivity contribution in [3.05, 3.63) is 0 Å². The molecule has 1 rings (SSSR count). The van der Waals surface area contributed by atoms with E-state index in [0.717, 1.165) is 5.32 Å². The van der Waals surface area contributed by atoms with Crippen LogP contribution in [0.25, 0.3) is 0 Å². The molecule has 1 fully saturated rings. The SMILES string of the molecule is C[C@H]1CC[C@H](OC(=O)NC(C)(C(F)(F)F)C(F)(F)F)C[C@@H]1C. The Labute approximate surface area is 124 Å². The second-order valence-corrected chi connectivity index (χ2v) is 6.04. The summed E-state index contributed by atoms with van der Waals surface area (Å²) in [6.07, 6.45) is -12.2. The fraction of sp³-hybridized carbons (Fsp3) is 0.923. The molecule has 3 nitrogen and oxygen atoms in total. The van der Waals surface area contributed by atoms with Gasteiger partial charge in [0, 0.05) is 0 Å². The number of amides is 1. The van der Waals surface area contributed by atoms with E-state index in [9.17, 15) is 31.1 Å². The van der Waals surface area contributed by atoms with Crippen LogP contribution >= 0.6 is 0 Å². The maximum atomic E-state index is 12.7. The highest BCUT2D eigenvalue weighted by Gasteiger charge is 2.69. The quantitative estimate of drug-likeness (QED) is 0.759. The van der Waals surface area contributed by atoms with Crippen molar-refractivity contribution in [1.29, 1.82) is 0 Å². The molecule has 0 spiro atoms. The number of alkyl carbamates (subject to hydrolysis) is 1. The van der Waals surface area contributed by atoms with Crippen molar-refractivity contribution in [2.75, 3.05) is 0 Å². The van der Waals surface area contributed by atoms with Gasteiger partial charge in [0.15, 0.2) is 0 Å². The normalized spacial score (nSPS) is 27.4. The first-order chi connectivity index (χ1) is 9.78. The van der Waals surface area contributed by atoms with Crippen LogP contribution < -0.4 is 5.32 Å². The van der Waals surface area contributed by atoms with E-state index in [1.807, 2.05) is 13.8 Å². The number of ether oxygens (including phenoxy) is 1. The molecule has 22 heavy (non-hydrogen) atoms. The van der Waals surface area contributed by atoms with Crippen molar-refractivity contribution in [2.45, 2.75) is 64.0 Å². The van der Waals surface area contributed by atoms with Gasteiger partial charge in [-0.05, 0) is 38.0 Å². The summed E-state index contributed by atoms with van der Waals surface area (Å²) < 4.78 is 80.7. The number of carbonyl (C=O) groups excluding carboxylic acids is 1. The molecule has 1 aliphatic carbocycles. The topological polar surface area (TPSA) is 38.3 Å². The average Bonchev–Trinajstić information content (AvgIpc) is 2.30. The van der Waals surface area contributed by atoms with Crippen LogP contribution in [0.4, 0.5) is 31.1 Å². The molecular weight excluding hydrogens is 316 g/mol. The fourth-order valence-corrected chi connectivity index (χ4v) is 2.29. The molecule has 0 aromatic heterocycles. The largest absolute Gasteiger partial charge is 0.446 e. The highest BCUT2D eigenvalue weighted by atomic mass is 19.4. The number of alkyl halides is 6. The number of carbonyl (C=O) groups is 1. The minimum absolute atomic E-state index is 0.125. The van der Waals surface area contributed by atoms with Gasteiger partial charge in [-0.1, -0.05) is 13.8 Å². The van der Waals surface area contributed by atoms with Crippen molar-refractivity contribution < 1.29 is 35.9 Å². The summed E-state index contributed by atoms with van der Waals surface area (Å²) in [7, 11) is 0. The van der Waals surface area contributed by atoms with Gasteiger partial charge in [0.1, 0.15) is 6.10 Å². The third-order valence-electron chi connectivity index (χ3n) is 4.31. The van der Waals surface area contributed by atoms with Crippen molar-refractivity contribution in [2.24, 2.45) is 11.8 Å². The zero-order chi connectivity index (χ0) is 17.3. The molecule has 0 heterocycles. The summed E-state index contributed by atoms with van der Waals surface area (Å²) in [5.74, 6) is 0.557. The summed E-state index contributed by atoms with van der Waals surface area (Å²) >= 11 is 0. The van der Waals surface area contributed by atoms with E-state index in [1.54, 1.807) is 0 Å². The van der Waals surface area contributed by atoms with Crippen LogP contribution in [0.2, 0.25) is 0 Å². The maximum absolute atomic E-state index is 12.7. The summed E-state index contributed by atoms with van der Waals surface area (Å²) in [4.78, 5) is 11.5. The standard InChI is InChI=1S/C13H19F6NO2/c1-7-4-5-9(6-8(7)2)22-10(21)20-11(3,12(14,15)16)13(17,18)19/h7-9H,4-6H2,1-3H3,(H,20,21)/t7-,8-,9-/m0/s1. The third-order valence-corrected chi connectivity index (χ3v) is 4.31. The molecule has 9 heteroatoms. The lowest BCUT2D eigenvalue weighted by atomic mass is 9.80. The van der Waals surface area contributed by atoms with E-state index < -0.39 is 30.1 Å². The fourth-order valence-electron chi connectivity index (χ4n) is 2.29. The average molecular weight is 335 g/mol. The first-order valence-corrected chi connectivity index (χ1v) is 6.90. The van der Waals surface area contributed by atoms with Crippen LogP contribution in [-0.2, 0) is 4.74 Å². The first kappa shape index (κ1) is 18.9. The molecule has 1 aliphatic rings. The van der Waals surface area contributed by atoms with Crippen LogP contribution in [0.1, 0.15) is 40.0 Å². The predicted octanol–water partition coefficient (Wildman–Crippen LogP) is 4.42. The van der Waals surface area contributed by atoms with Gasteiger partial charge in [0.05, 0.1) is 0 Å². The molecular formula is C13H19F6NO2. The summed E-state index contributed by atoms with van der Waals surface area (Å²) in [5.41, 5.74) is -4.34. The molecule has 130 valence electrons. The Kier molecular flexibility index (Phi) is 5.29. The summed E-state index contributed by atoms with van der Waals surface area (Å²) in [6, 6.07) is 0. The van der Waals surface area contributed by atoms with Crippen LogP contribution in [0.15, 0.2) is 0 Å². The van der Waals surface area contributed by atoms with Crippen LogP contribution in [-0.4, -0.2) is 30.1 Å². The van der Waals surface area contributed by atoms with E-state index >= 15 is 0 Å². The minimum Gasteiger partial charge on any atom is -0.446 e. The van der Waals surface area contributed by atoms with Crippen LogP contribution in [0.5, 0.6) is 0 Å². The highest BCUT2D eigenvalue weighted by molar-refractivity contribution is 5.68. The molecule has 1 saturated carbocycles. The molecule has 0 aromatic rings. The van der Waals surface area contributed by atoms with Gasteiger partial charge in [-0.3, -0.25) is 5.32 Å². The number of rotatable bonds is 2. The lowest BCUT2D eigenvalue weighted by Gasteiger charge is -2.36. The van der Waals surface area contributed by atoms with Gasteiger partial charge in [-0.15, -0.1) is 0 Å². The molecule has 0 bridgehead atoms. The van der Waals surface area contributed by atoms with Crippen LogP contribution in [0.3, 0.4) is 0 Å². The molecule has 0 aromatic carbocycles. The van der Waals surface area contributed by atoms with E-state index in [2.05, 4.69) is 0 Å².